The fraction of sp³-hybridized carbons (Fsp3) is 0.636. The molecule has 0 unspecified atom stereocenters. The third kappa shape index (κ3) is 2.44. The zero-order valence-electron chi connectivity index (χ0n) is 10.2. The molecule has 0 bridgehead atoms. The van der Waals surface area contributed by atoms with Gasteiger partial charge in [-0.2, -0.15) is 0 Å². The Morgan fingerprint density at radius 2 is 2.06 bits per heavy atom. The third-order valence-corrected chi connectivity index (χ3v) is 3.44. The van der Waals surface area contributed by atoms with E-state index in [9.17, 15) is 5.11 Å². The molecule has 4 nitrogen and oxygen atoms in total. The smallest absolute Gasteiger partial charge is 0.140 e. The van der Waals surface area contributed by atoms with E-state index in [0.29, 0.717) is 16.5 Å². The van der Waals surface area contributed by atoms with Gasteiger partial charge in [0.1, 0.15) is 17.3 Å². The molecule has 0 amide bonds. The summed E-state index contributed by atoms with van der Waals surface area (Å²) >= 11 is 5.93. The van der Waals surface area contributed by atoms with Crippen LogP contribution in [0.4, 0.5) is 5.82 Å². The largest absolute Gasteiger partial charge is 0.391 e. The van der Waals surface area contributed by atoms with Crippen LogP contribution in [0.3, 0.4) is 0 Å². The Morgan fingerprint density at radius 3 is 2.56 bits per heavy atom. The first-order chi connectivity index (χ1) is 7.44. The number of nitrogens with zero attached hydrogens (tertiary/aromatic N) is 3. The van der Waals surface area contributed by atoms with Crippen LogP contribution in [0.2, 0.25) is 5.15 Å². The first-order valence-corrected chi connectivity index (χ1v) is 5.66. The van der Waals surface area contributed by atoms with Gasteiger partial charge in [0.2, 0.25) is 0 Å². The summed E-state index contributed by atoms with van der Waals surface area (Å²) in [6.45, 7) is 6.19. The molecule has 0 aromatic carbocycles. The highest BCUT2D eigenvalue weighted by Gasteiger charge is 2.25. The monoisotopic (exact) mass is 243 g/mol. The number of aromatic nitrogens is 2. The lowest BCUT2D eigenvalue weighted by Gasteiger charge is -2.36. The van der Waals surface area contributed by atoms with Crippen molar-refractivity contribution in [2.75, 3.05) is 11.9 Å². The maximum Gasteiger partial charge on any atom is 0.140 e. The molecule has 1 aromatic rings. The molecule has 0 aliphatic rings. The molecule has 0 saturated heterocycles. The van der Waals surface area contributed by atoms with Crippen LogP contribution in [-0.4, -0.2) is 27.7 Å². The van der Waals surface area contributed by atoms with E-state index in [-0.39, 0.29) is 12.1 Å². The fourth-order valence-electron chi connectivity index (χ4n) is 1.33. The lowest BCUT2D eigenvalue weighted by molar-refractivity contribution is 0.280. The summed E-state index contributed by atoms with van der Waals surface area (Å²) in [7, 11) is 1.95. The summed E-state index contributed by atoms with van der Waals surface area (Å²) in [5.41, 5.74) is 0.537. The molecule has 90 valence electrons. The van der Waals surface area contributed by atoms with Crippen LogP contribution >= 0.6 is 11.6 Å². The van der Waals surface area contributed by atoms with Gasteiger partial charge in [-0.05, 0) is 20.3 Å². The van der Waals surface area contributed by atoms with E-state index in [2.05, 4.69) is 30.7 Å². The van der Waals surface area contributed by atoms with Crippen LogP contribution in [-0.2, 0) is 6.61 Å². The van der Waals surface area contributed by atoms with Gasteiger partial charge in [0, 0.05) is 12.6 Å². The van der Waals surface area contributed by atoms with Crippen LogP contribution in [0.5, 0.6) is 0 Å². The van der Waals surface area contributed by atoms with Crippen molar-refractivity contribution < 1.29 is 5.11 Å². The normalized spacial score (nSPS) is 11.6. The fourth-order valence-corrected chi connectivity index (χ4v) is 1.52. The van der Waals surface area contributed by atoms with Crippen molar-refractivity contribution in [2.24, 2.45) is 0 Å². The minimum atomic E-state index is -0.154. The van der Waals surface area contributed by atoms with E-state index in [4.69, 9.17) is 11.6 Å². The predicted molar refractivity (Wildman–Crippen MR) is 65.7 cm³/mol. The first kappa shape index (κ1) is 13.2. The van der Waals surface area contributed by atoms with Crippen molar-refractivity contribution in [2.45, 2.75) is 39.3 Å². The van der Waals surface area contributed by atoms with Crippen molar-refractivity contribution in [3.05, 3.63) is 17.0 Å². The zero-order valence-corrected chi connectivity index (χ0v) is 10.9. The number of rotatable bonds is 4. The Labute approximate surface area is 101 Å². The van der Waals surface area contributed by atoms with E-state index in [1.807, 2.05) is 11.9 Å². The highest BCUT2D eigenvalue weighted by molar-refractivity contribution is 6.30. The van der Waals surface area contributed by atoms with Crippen LogP contribution in [0, 0.1) is 0 Å². The molecule has 1 aromatic heterocycles. The molecular weight excluding hydrogens is 226 g/mol. The first-order valence-electron chi connectivity index (χ1n) is 5.28. The molecule has 0 saturated carbocycles. The average Bonchev–Trinajstić information content (AvgIpc) is 2.27. The zero-order chi connectivity index (χ0) is 12.3. The maximum absolute atomic E-state index is 9.30. The Hall–Kier alpha value is -0.870. The van der Waals surface area contributed by atoms with Gasteiger partial charge in [-0.15, -0.1) is 0 Å². The molecule has 0 fully saturated rings. The van der Waals surface area contributed by atoms with Gasteiger partial charge in [0.15, 0.2) is 0 Å². The molecule has 1 rings (SSSR count). The Kier molecular flexibility index (Phi) is 4.10. The highest BCUT2D eigenvalue weighted by Crippen LogP contribution is 2.28. The number of hydrogen-bond acceptors (Lipinski definition) is 4. The second-order valence-electron chi connectivity index (χ2n) is 4.35. The molecule has 1 N–H and O–H groups in total. The van der Waals surface area contributed by atoms with Gasteiger partial charge in [-0.25, -0.2) is 9.97 Å². The van der Waals surface area contributed by atoms with E-state index in [1.54, 1.807) is 0 Å². The lowest BCUT2D eigenvalue weighted by Crippen LogP contribution is -2.41. The van der Waals surface area contributed by atoms with Crippen molar-refractivity contribution in [3.8, 4) is 0 Å². The average molecular weight is 244 g/mol. The minimum Gasteiger partial charge on any atom is -0.391 e. The summed E-state index contributed by atoms with van der Waals surface area (Å²) in [6, 6.07) is 0. The molecule has 16 heavy (non-hydrogen) atoms. The van der Waals surface area contributed by atoms with E-state index in [0.717, 1.165) is 6.42 Å². The van der Waals surface area contributed by atoms with Crippen LogP contribution < -0.4 is 4.90 Å². The third-order valence-electron chi connectivity index (χ3n) is 3.12. The van der Waals surface area contributed by atoms with Gasteiger partial charge in [-0.3, -0.25) is 0 Å². The van der Waals surface area contributed by atoms with Crippen molar-refractivity contribution >= 4 is 17.4 Å². The Morgan fingerprint density at radius 1 is 1.44 bits per heavy atom. The topological polar surface area (TPSA) is 49.2 Å². The summed E-state index contributed by atoms with van der Waals surface area (Å²) < 4.78 is 0. The van der Waals surface area contributed by atoms with Gasteiger partial charge in [0.05, 0.1) is 12.2 Å². The van der Waals surface area contributed by atoms with Crippen LogP contribution in [0.1, 0.15) is 32.8 Å². The number of aliphatic hydroxyl groups is 1. The molecule has 0 aliphatic carbocycles. The van der Waals surface area contributed by atoms with Gasteiger partial charge < -0.3 is 10.0 Å². The van der Waals surface area contributed by atoms with Crippen molar-refractivity contribution in [3.63, 3.8) is 0 Å². The second kappa shape index (κ2) is 4.97. The van der Waals surface area contributed by atoms with Crippen LogP contribution in [0.25, 0.3) is 0 Å². The quantitative estimate of drug-likeness (QED) is 0.824. The number of halogens is 1. The summed E-state index contributed by atoms with van der Waals surface area (Å²) in [6.07, 6.45) is 2.38. The van der Waals surface area contributed by atoms with Crippen LogP contribution in [0.15, 0.2) is 6.33 Å². The Bertz CT molecular complexity index is 368. The second-order valence-corrected chi connectivity index (χ2v) is 4.71. The van der Waals surface area contributed by atoms with Gasteiger partial charge in [0.25, 0.3) is 0 Å². The standard InChI is InChI=1S/C11H18ClN3O/c1-5-11(2,3)15(4)10-8(6-16)9(12)13-7-14-10/h7,16H,5-6H2,1-4H3. The van der Waals surface area contributed by atoms with Crippen molar-refractivity contribution in [1.82, 2.24) is 9.97 Å². The maximum atomic E-state index is 9.30. The predicted octanol–water partition coefficient (Wildman–Crippen LogP) is 2.25. The molecule has 0 radical (unpaired) electrons. The van der Waals surface area contributed by atoms with E-state index in [1.165, 1.54) is 6.33 Å². The molecule has 5 heteroatoms. The minimum absolute atomic E-state index is 0.0401. The Balaban J connectivity index is 3.18. The number of anilines is 1. The molecule has 0 spiro atoms. The van der Waals surface area contributed by atoms with E-state index < -0.39 is 0 Å². The molecule has 1 heterocycles. The molecule has 0 aliphatic heterocycles. The number of aliphatic hydroxyl groups excluding tert-OH is 1. The lowest BCUT2D eigenvalue weighted by atomic mass is 9.99. The SMILES string of the molecule is CCC(C)(C)N(C)c1ncnc(Cl)c1CO. The highest BCUT2D eigenvalue weighted by atomic mass is 35.5. The summed E-state index contributed by atoms with van der Waals surface area (Å²) in [4.78, 5) is 10.1. The van der Waals surface area contributed by atoms with Gasteiger partial charge >= 0.3 is 0 Å². The van der Waals surface area contributed by atoms with Crippen molar-refractivity contribution in [1.29, 1.82) is 0 Å². The molecule has 0 atom stereocenters. The summed E-state index contributed by atoms with van der Waals surface area (Å²) in [5, 5.41) is 9.61. The van der Waals surface area contributed by atoms with Gasteiger partial charge in [-0.1, -0.05) is 18.5 Å². The summed E-state index contributed by atoms with van der Waals surface area (Å²) in [5.74, 6) is 0.689. The molecular formula is C11H18ClN3O. The van der Waals surface area contributed by atoms with E-state index >= 15 is 0 Å². The number of hydrogen-bond donors (Lipinski definition) is 1.